The Balaban J connectivity index is 1.78. The summed E-state index contributed by atoms with van der Waals surface area (Å²) >= 11 is 3.59. The van der Waals surface area contributed by atoms with E-state index in [-0.39, 0.29) is 6.04 Å². The monoisotopic (exact) mass is 336 g/mol. The Bertz CT molecular complexity index is 832. The van der Waals surface area contributed by atoms with Gasteiger partial charge >= 0.3 is 0 Å². The molecule has 0 radical (unpaired) electrons. The molecule has 3 aromatic rings. The zero-order valence-electron chi connectivity index (χ0n) is 11.3. The SMILES string of the molecule is Brc1ccccc1C=CC1c2ccccc2-c2cncn21. The minimum absolute atomic E-state index is 0.214. The minimum atomic E-state index is 0.214. The molecule has 2 heterocycles. The van der Waals surface area contributed by atoms with E-state index >= 15 is 0 Å². The molecular weight excluding hydrogens is 324 g/mol. The molecule has 102 valence electrons. The number of rotatable bonds is 2. The molecule has 0 N–H and O–H groups in total. The van der Waals surface area contributed by atoms with E-state index in [1.165, 1.54) is 22.4 Å². The van der Waals surface area contributed by atoms with Crippen LogP contribution in [0.2, 0.25) is 0 Å². The molecule has 0 aliphatic carbocycles. The van der Waals surface area contributed by atoms with Crippen molar-refractivity contribution in [1.29, 1.82) is 0 Å². The summed E-state index contributed by atoms with van der Waals surface area (Å²) in [6.45, 7) is 0. The van der Waals surface area contributed by atoms with Gasteiger partial charge in [0.25, 0.3) is 0 Å². The molecule has 1 aliphatic heterocycles. The Morgan fingerprint density at radius 1 is 1.05 bits per heavy atom. The van der Waals surface area contributed by atoms with Crippen LogP contribution in [0.15, 0.2) is 71.6 Å². The normalized spacial score (nSPS) is 16.1. The highest BCUT2D eigenvalue weighted by Gasteiger charge is 2.25. The maximum atomic E-state index is 4.29. The molecule has 0 spiro atoms. The molecule has 3 heteroatoms. The van der Waals surface area contributed by atoms with E-state index in [4.69, 9.17) is 0 Å². The molecule has 21 heavy (non-hydrogen) atoms. The number of aromatic nitrogens is 2. The van der Waals surface area contributed by atoms with Crippen LogP contribution in [-0.2, 0) is 0 Å². The molecule has 1 atom stereocenters. The Labute approximate surface area is 131 Å². The van der Waals surface area contributed by atoms with Crippen molar-refractivity contribution in [3.8, 4) is 11.3 Å². The Morgan fingerprint density at radius 2 is 1.86 bits per heavy atom. The zero-order valence-corrected chi connectivity index (χ0v) is 12.9. The van der Waals surface area contributed by atoms with Crippen molar-refractivity contribution in [2.75, 3.05) is 0 Å². The van der Waals surface area contributed by atoms with Gasteiger partial charge in [0.2, 0.25) is 0 Å². The first-order valence-corrected chi connectivity index (χ1v) is 7.68. The second-order valence-electron chi connectivity index (χ2n) is 5.10. The van der Waals surface area contributed by atoms with Gasteiger partial charge in [-0.3, -0.25) is 0 Å². The third-order valence-electron chi connectivity index (χ3n) is 3.88. The molecule has 2 aromatic carbocycles. The molecule has 1 aromatic heterocycles. The first-order valence-electron chi connectivity index (χ1n) is 6.88. The van der Waals surface area contributed by atoms with Gasteiger partial charge in [0, 0.05) is 10.0 Å². The average molecular weight is 337 g/mol. The molecule has 0 saturated carbocycles. The van der Waals surface area contributed by atoms with Gasteiger partial charge in [-0.2, -0.15) is 0 Å². The van der Waals surface area contributed by atoms with E-state index in [2.05, 4.69) is 80.1 Å². The molecule has 0 bridgehead atoms. The highest BCUT2D eigenvalue weighted by atomic mass is 79.9. The molecule has 0 fully saturated rings. The van der Waals surface area contributed by atoms with Gasteiger partial charge in [-0.05, 0) is 17.2 Å². The van der Waals surface area contributed by atoms with Gasteiger partial charge < -0.3 is 4.57 Å². The third-order valence-corrected chi connectivity index (χ3v) is 4.61. The van der Waals surface area contributed by atoms with Crippen molar-refractivity contribution in [1.82, 2.24) is 9.55 Å². The molecule has 1 aliphatic rings. The number of allylic oxidation sites excluding steroid dienone is 1. The van der Waals surface area contributed by atoms with Crippen molar-refractivity contribution >= 4 is 22.0 Å². The van der Waals surface area contributed by atoms with Crippen molar-refractivity contribution in [3.05, 3.63) is 82.7 Å². The maximum absolute atomic E-state index is 4.29. The van der Waals surface area contributed by atoms with Gasteiger partial charge in [0.05, 0.1) is 24.3 Å². The topological polar surface area (TPSA) is 17.8 Å². The van der Waals surface area contributed by atoms with Crippen molar-refractivity contribution in [3.63, 3.8) is 0 Å². The number of hydrogen-bond acceptors (Lipinski definition) is 1. The van der Waals surface area contributed by atoms with Crippen molar-refractivity contribution in [2.24, 2.45) is 0 Å². The largest absolute Gasteiger partial charge is 0.319 e. The summed E-state index contributed by atoms with van der Waals surface area (Å²) in [6.07, 6.45) is 8.24. The number of fused-ring (bicyclic) bond motifs is 3. The van der Waals surface area contributed by atoms with Crippen LogP contribution in [0, 0.1) is 0 Å². The Morgan fingerprint density at radius 3 is 2.76 bits per heavy atom. The van der Waals surface area contributed by atoms with Gasteiger partial charge in [-0.1, -0.05) is 70.5 Å². The highest BCUT2D eigenvalue weighted by Crippen LogP contribution is 2.39. The molecule has 4 rings (SSSR count). The fourth-order valence-corrected chi connectivity index (χ4v) is 3.29. The van der Waals surface area contributed by atoms with Crippen molar-refractivity contribution in [2.45, 2.75) is 6.04 Å². The van der Waals surface area contributed by atoms with E-state index in [0.717, 1.165) is 4.47 Å². The van der Waals surface area contributed by atoms with Gasteiger partial charge in [-0.25, -0.2) is 4.98 Å². The van der Waals surface area contributed by atoms with Gasteiger partial charge in [0.1, 0.15) is 0 Å². The van der Waals surface area contributed by atoms with E-state index < -0.39 is 0 Å². The van der Waals surface area contributed by atoms with Crippen LogP contribution >= 0.6 is 15.9 Å². The summed E-state index contributed by atoms with van der Waals surface area (Å²) in [5, 5.41) is 0. The van der Waals surface area contributed by atoms with Crippen LogP contribution in [-0.4, -0.2) is 9.55 Å². The van der Waals surface area contributed by atoms with E-state index in [0.29, 0.717) is 0 Å². The van der Waals surface area contributed by atoms with E-state index in [9.17, 15) is 0 Å². The first-order chi connectivity index (χ1) is 10.3. The number of nitrogens with zero attached hydrogens (tertiary/aromatic N) is 2. The third kappa shape index (κ3) is 2.05. The van der Waals surface area contributed by atoms with E-state index in [1.54, 1.807) is 0 Å². The molecule has 0 saturated heterocycles. The van der Waals surface area contributed by atoms with Crippen molar-refractivity contribution < 1.29 is 0 Å². The van der Waals surface area contributed by atoms with Crippen LogP contribution in [0.4, 0.5) is 0 Å². The summed E-state index contributed by atoms with van der Waals surface area (Å²) in [7, 11) is 0. The quantitative estimate of drug-likeness (QED) is 0.648. The number of hydrogen-bond donors (Lipinski definition) is 0. The number of halogens is 1. The van der Waals surface area contributed by atoms with Crippen LogP contribution in [0.3, 0.4) is 0 Å². The first kappa shape index (κ1) is 12.6. The predicted octanol–water partition coefficient (Wildman–Crippen LogP) is 4.93. The lowest BCUT2D eigenvalue weighted by atomic mass is 10.0. The summed E-state index contributed by atoms with van der Waals surface area (Å²) in [6, 6.07) is 17.0. The predicted molar refractivity (Wildman–Crippen MR) is 89.0 cm³/mol. The van der Waals surface area contributed by atoms with Crippen LogP contribution in [0.5, 0.6) is 0 Å². The minimum Gasteiger partial charge on any atom is -0.319 e. The van der Waals surface area contributed by atoms with Crippen LogP contribution in [0.25, 0.3) is 17.3 Å². The second kappa shape index (κ2) is 5.01. The smallest absolute Gasteiger partial charge is 0.0959 e. The highest BCUT2D eigenvalue weighted by molar-refractivity contribution is 9.10. The van der Waals surface area contributed by atoms with Gasteiger partial charge in [-0.15, -0.1) is 0 Å². The summed E-state index contributed by atoms with van der Waals surface area (Å²) in [5.74, 6) is 0. The van der Waals surface area contributed by atoms with E-state index in [1.807, 2.05) is 18.6 Å². The lowest BCUT2D eigenvalue weighted by molar-refractivity contribution is 0.738. The number of imidazole rings is 1. The zero-order chi connectivity index (χ0) is 14.2. The summed E-state index contributed by atoms with van der Waals surface area (Å²) in [4.78, 5) is 4.29. The average Bonchev–Trinajstić information content (AvgIpc) is 3.08. The lowest BCUT2D eigenvalue weighted by Gasteiger charge is -2.09. The Kier molecular flexibility index (Phi) is 3.00. The van der Waals surface area contributed by atoms with Crippen LogP contribution in [0.1, 0.15) is 17.2 Å². The summed E-state index contributed by atoms with van der Waals surface area (Å²) in [5.41, 5.74) is 4.98. The lowest BCUT2D eigenvalue weighted by Crippen LogP contribution is -2.00. The van der Waals surface area contributed by atoms with Gasteiger partial charge in [0.15, 0.2) is 0 Å². The summed E-state index contributed by atoms with van der Waals surface area (Å²) < 4.78 is 3.33. The fraction of sp³-hybridized carbons (Fsp3) is 0.0556. The molecule has 2 nitrogen and oxygen atoms in total. The maximum Gasteiger partial charge on any atom is 0.0959 e. The fourth-order valence-electron chi connectivity index (χ4n) is 2.87. The standard InChI is InChI=1S/C18H13BrN2/c19-16-8-4-1-5-13(16)9-10-17-14-6-2-3-7-15(14)18-11-20-12-21(17)18/h1-12,17H. The molecule has 0 amide bonds. The molecular formula is C18H13BrN2. The molecule has 1 unspecified atom stereocenters. The Hall–Kier alpha value is -2.13. The van der Waals surface area contributed by atoms with Crippen LogP contribution < -0.4 is 0 Å². The second-order valence-corrected chi connectivity index (χ2v) is 5.95. The number of benzene rings is 2.